The summed E-state index contributed by atoms with van der Waals surface area (Å²) in [6, 6.07) is 8.30. The molecule has 0 radical (unpaired) electrons. The minimum Gasteiger partial charge on any atom is -1.00 e. The van der Waals surface area contributed by atoms with E-state index in [1.807, 2.05) is 41.0 Å². The average molecular weight is 287 g/mol. The smallest absolute Gasteiger partial charge is 0.171 e. The Bertz CT molecular complexity index is 457. The van der Waals surface area contributed by atoms with Gasteiger partial charge in [-0.3, -0.25) is 0 Å². The maximum Gasteiger partial charge on any atom is 0.171 e. The van der Waals surface area contributed by atoms with Crippen molar-refractivity contribution < 1.29 is 39.1 Å². The topological polar surface area (TPSA) is 28.0 Å². The van der Waals surface area contributed by atoms with E-state index in [0.717, 1.165) is 0 Å². The van der Waals surface area contributed by atoms with Gasteiger partial charge in [-0.15, -0.1) is 0 Å². The Morgan fingerprint density at radius 1 is 0.889 bits per heavy atom. The molecule has 0 fully saturated rings. The Balaban J connectivity index is 0.00000144. The fourth-order valence-electron chi connectivity index (χ4n) is 1.61. The van der Waals surface area contributed by atoms with Crippen molar-refractivity contribution in [3.63, 3.8) is 0 Å². The summed E-state index contributed by atoms with van der Waals surface area (Å²) in [5.74, 6) is 0. The van der Waals surface area contributed by atoms with Crippen LogP contribution in [0.2, 0.25) is 0 Å². The van der Waals surface area contributed by atoms with Crippen LogP contribution in [0.3, 0.4) is 0 Å². The fourth-order valence-corrected chi connectivity index (χ4v) is 1.61. The summed E-state index contributed by atoms with van der Waals surface area (Å²) < 4.78 is 3.98. The number of hydrogen-bond donors (Lipinski definition) is 1. The first-order chi connectivity index (χ1) is 7.79. The average Bonchev–Trinajstić information content (AvgIpc) is 2.32. The minimum absolute atomic E-state index is 0. The molecule has 0 spiro atoms. The highest BCUT2D eigenvalue weighted by molar-refractivity contribution is 5.60. The van der Waals surface area contributed by atoms with Crippen LogP contribution in [0.25, 0.3) is 11.1 Å². The number of aliphatic hydroxyl groups excluding tert-OH is 1. The number of pyridine rings is 2. The zero-order chi connectivity index (χ0) is 11.4. The molecule has 0 aliphatic carbocycles. The number of aromatic nitrogens is 2. The van der Waals surface area contributed by atoms with Gasteiger partial charge in [0.15, 0.2) is 31.3 Å². The predicted molar refractivity (Wildman–Crippen MR) is 60.3 cm³/mol. The third-order valence-electron chi connectivity index (χ3n) is 2.56. The van der Waals surface area contributed by atoms with Gasteiger partial charge in [0.1, 0.15) is 13.7 Å². The molecule has 98 valence electrons. The zero-order valence-electron chi connectivity index (χ0n) is 10.1. The minimum atomic E-state index is 0. The third-order valence-corrected chi connectivity index (χ3v) is 2.56. The van der Waals surface area contributed by atoms with Gasteiger partial charge in [-0.25, -0.2) is 9.13 Å². The van der Waals surface area contributed by atoms with Gasteiger partial charge in [-0.05, 0) is 11.1 Å². The van der Waals surface area contributed by atoms with E-state index in [4.69, 9.17) is 5.11 Å². The molecule has 0 aliphatic rings. The zero-order valence-corrected chi connectivity index (χ0v) is 11.6. The standard InChI is InChI=1S/C13H16N2O.2ClH/c1-14-6-2-12(3-7-14)13-4-8-15(9-5-13)10-11-16;;/h2-9,16H,10-11H2,1H3;2*1H/q+2;;/p-2. The molecule has 1 N–H and O–H groups in total. The molecule has 0 atom stereocenters. The van der Waals surface area contributed by atoms with E-state index in [-0.39, 0.29) is 31.4 Å². The number of nitrogens with zero attached hydrogens (tertiary/aromatic N) is 2. The third kappa shape index (κ3) is 4.26. The van der Waals surface area contributed by atoms with Gasteiger partial charge in [0.2, 0.25) is 0 Å². The summed E-state index contributed by atoms with van der Waals surface area (Å²) in [7, 11) is 2.00. The second kappa shape index (κ2) is 8.03. The monoisotopic (exact) mass is 286 g/mol. The number of aryl methyl sites for hydroxylation is 1. The van der Waals surface area contributed by atoms with Crippen LogP contribution in [0.15, 0.2) is 49.1 Å². The normalized spacial score (nSPS) is 9.22. The molecule has 3 nitrogen and oxygen atoms in total. The van der Waals surface area contributed by atoms with Gasteiger partial charge >= 0.3 is 0 Å². The van der Waals surface area contributed by atoms with Crippen LogP contribution in [0.5, 0.6) is 0 Å². The summed E-state index contributed by atoms with van der Waals surface area (Å²) in [6.45, 7) is 0.815. The first-order valence-electron chi connectivity index (χ1n) is 5.35. The van der Waals surface area contributed by atoms with Crippen LogP contribution < -0.4 is 33.9 Å². The lowest BCUT2D eigenvalue weighted by Gasteiger charge is -1.99. The number of hydrogen-bond acceptors (Lipinski definition) is 1. The number of halogens is 2. The van der Waals surface area contributed by atoms with Crippen molar-refractivity contribution in [1.29, 1.82) is 0 Å². The lowest BCUT2D eigenvalue weighted by atomic mass is 10.1. The summed E-state index contributed by atoms with van der Waals surface area (Å²) in [4.78, 5) is 0. The van der Waals surface area contributed by atoms with E-state index in [2.05, 4.69) is 24.3 Å². The SMILES string of the molecule is C[n+]1ccc(-c2cc[n+](CCO)cc2)cc1.[Cl-].[Cl-]. The van der Waals surface area contributed by atoms with Crippen molar-refractivity contribution >= 4 is 0 Å². The van der Waals surface area contributed by atoms with Gasteiger partial charge in [-0.2, -0.15) is 0 Å². The Morgan fingerprint density at radius 3 is 1.78 bits per heavy atom. The highest BCUT2D eigenvalue weighted by Crippen LogP contribution is 2.15. The largest absolute Gasteiger partial charge is 1.00 e. The molecule has 2 aromatic heterocycles. The molecule has 0 unspecified atom stereocenters. The first kappa shape index (κ1) is 16.8. The number of aliphatic hydroxyl groups is 1. The molecule has 2 heterocycles. The van der Waals surface area contributed by atoms with Crippen molar-refractivity contribution in [3.05, 3.63) is 49.1 Å². The van der Waals surface area contributed by atoms with E-state index < -0.39 is 0 Å². The molecular weight excluding hydrogens is 271 g/mol. The summed E-state index contributed by atoms with van der Waals surface area (Å²) in [6.07, 6.45) is 8.03. The molecule has 0 aromatic carbocycles. The molecule has 5 heteroatoms. The van der Waals surface area contributed by atoms with Gasteiger partial charge in [-0.1, -0.05) is 0 Å². The van der Waals surface area contributed by atoms with Crippen LogP contribution in [0.4, 0.5) is 0 Å². The van der Waals surface area contributed by atoms with Gasteiger partial charge in [0, 0.05) is 24.3 Å². The highest BCUT2D eigenvalue weighted by atomic mass is 35.5. The van der Waals surface area contributed by atoms with E-state index >= 15 is 0 Å². The Kier molecular flexibility index (Phi) is 7.51. The van der Waals surface area contributed by atoms with Crippen LogP contribution in [0, 0.1) is 0 Å². The molecular formula is C13H16Cl2N2O. The molecule has 2 aromatic rings. The Hall–Kier alpha value is -1.16. The molecule has 0 aliphatic heterocycles. The Labute approximate surface area is 120 Å². The van der Waals surface area contributed by atoms with Crippen LogP contribution in [-0.4, -0.2) is 11.7 Å². The van der Waals surface area contributed by atoms with Crippen molar-refractivity contribution in [1.82, 2.24) is 0 Å². The number of rotatable bonds is 3. The van der Waals surface area contributed by atoms with Crippen molar-refractivity contribution in [2.24, 2.45) is 7.05 Å². The molecule has 18 heavy (non-hydrogen) atoms. The van der Waals surface area contributed by atoms with Crippen LogP contribution in [-0.2, 0) is 13.6 Å². The lowest BCUT2D eigenvalue weighted by Crippen LogP contribution is -3.00. The summed E-state index contributed by atoms with van der Waals surface area (Å²) in [5.41, 5.74) is 2.39. The molecule has 0 bridgehead atoms. The molecule has 0 saturated carbocycles. The predicted octanol–water partition coefficient (Wildman–Crippen LogP) is -5.53. The highest BCUT2D eigenvalue weighted by Gasteiger charge is 2.03. The summed E-state index contributed by atoms with van der Waals surface area (Å²) in [5, 5.41) is 8.81. The van der Waals surface area contributed by atoms with E-state index in [1.54, 1.807) is 0 Å². The van der Waals surface area contributed by atoms with Crippen molar-refractivity contribution in [2.45, 2.75) is 6.54 Å². The Morgan fingerprint density at radius 2 is 1.33 bits per heavy atom. The second-order valence-corrected chi connectivity index (χ2v) is 3.80. The van der Waals surface area contributed by atoms with Gasteiger partial charge in [0.05, 0.1) is 0 Å². The fraction of sp³-hybridized carbons (Fsp3) is 0.231. The molecule has 0 amide bonds. The lowest BCUT2D eigenvalue weighted by molar-refractivity contribution is -0.698. The summed E-state index contributed by atoms with van der Waals surface area (Å²) >= 11 is 0. The van der Waals surface area contributed by atoms with Crippen molar-refractivity contribution in [2.75, 3.05) is 6.61 Å². The quantitative estimate of drug-likeness (QED) is 0.561. The maximum atomic E-state index is 8.81. The van der Waals surface area contributed by atoms with Gasteiger partial charge < -0.3 is 29.9 Å². The van der Waals surface area contributed by atoms with Crippen LogP contribution >= 0.6 is 0 Å². The maximum absolute atomic E-state index is 8.81. The van der Waals surface area contributed by atoms with E-state index in [1.165, 1.54) is 11.1 Å². The first-order valence-corrected chi connectivity index (χ1v) is 5.35. The van der Waals surface area contributed by atoms with E-state index in [9.17, 15) is 0 Å². The van der Waals surface area contributed by atoms with Crippen molar-refractivity contribution in [3.8, 4) is 11.1 Å². The molecule has 0 saturated heterocycles. The second-order valence-electron chi connectivity index (χ2n) is 3.80. The van der Waals surface area contributed by atoms with E-state index in [0.29, 0.717) is 6.54 Å². The van der Waals surface area contributed by atoms with Crippen LogP contribution in [0.1, 0.15) is 0 Å². The van der Waals surface area contributed by atoms with Gasteiger partial charge in [0.25, 0.3) is 0 Å². The molecule has 2 rings (SSSR count).